The van der Waals surface area contributed by atoms with Gasteiger partial charge in [-0.15, -0.1) is 0 Å². The molecule has 0 fully saturated rings. The second-order valence-electron chi connectivity index (χ2n) is 5.65. The Labute approximate surface area is 136 Å². The number of furan rings is 1. The molecule has 1 N–H and O–H groups in total. The number of amides is 2. The Morgan fingerprint density at radius 1 is 1.25 bits per heavy atom. The van der Waals surface area contributed by atoms with Crippen LogP contribution in [0.15, 0.2) is 46.9 Å². The average Bonchev–Trinajstić information content (AvgIpc) is 2.90. The van der Waals surface area contributed by atoms with Crippen molar-refractivity contribution in [3.8, 4) is 0 Å². The van der Waals surface area contributed by atoms with Crippen molar-refractivity contribution in [2.24, 2.45) is 0 Å². The van der Waals surface area contributed by atoms with Crippen molar-refractivity contribution < 1.29 is 18.4 Å². The number of benzene rings is 2. The maximum absolute atomic E-state index is 13.4. The van der Waals surface area contributed by atoms with Crippen LogP contribution in [0.3, 0.4) is 0 Å². The van der Waals surface area contributed by atoms with E-state index in [2.05, 4.69) is 5.32 Å². The molecule has 2 amide bonds. The van der Waals surface area contributed by atoms with E-state index >= 15 is 0 Å². The number of halogens is 1. The lowest BCUT2D eigenvalue weighted by Crippen LogP contribution is -2.42. The van der Waals surface area contributed by atoms with Gasteiger partial charge in [0, 0.05) is 10.9 Å². The first kappa shape index (κ1) is 14.4. The van der Waals surface area contributed by atoms with Crippen molar-refractivity contribution in [1.82, 2.24) is 0 Å². The summed E-state index contributed by atoms with van der Waals surface area (Å²) in [5.74, 6) is -0.985. The molecule has 6 heteroatoms. The quantitative estimate of drug-likeness (QED) is 0.745. The summed E-state index contributed by atoms with van der Waals surface area (Å²) in [7, 11) is 0. The van der Waals surface area contributed by atoms with Gasteiger partial charge in [0.05, 0.1) is 11.4 Å². The first-order valence-electron chi connectivity index (χ1n) is 7.44. The Morgan fingerprint density at radius 3 is 2.88 bits per heavy atom. The van der Waals surface area contributed by atoms with Crippen LogP contribution in [-0.2, 0) is 4.79 Å². The highest BCUT2D eigenvalue weighted by molar-refractivity contribution is 6.15. The highest BCUT2D eigenvalue weighted by Crippen LogP contribution is 2.33. The van der Waals surface area contributed by atoms with E-state index in [1.165, 1.54) is 23.1 Å². The van der Waals surface area contributed by atoms with Gasteiger partial charge >= 0.3 is 0 Å². The number of hydrogen-bond acceptors (Lipinski definition) is 3. The number of carbonyl (C=O) groups is 2. The van der Waals surface area contributed by atoms with Crippen LogP contribution < -0.4 is 10.2 Å². The van der Waals surface area contributed by atoms with Gasteiger partial charge < -0.3 is 9.73 Å². The van der Waals surface area contributed by atoms with Gasteiger partial charge in [-0.2, -0.15) is 0 Å². The van der Waals surface area contributed by atoms with E-state index in [4.69, 9.17) is 4.42 Å². The minimum absolute atomic E-state index is 0.0965. The lowest BCUT2D eigenvalue weighted by atomic mass is 10.1. The van der Waals surface area contributed by atoms with Crippen LogP contribution in [-0.4, -0.2) is 18.4 Å². The summed E-state index contributed by atoms with van der Waals surface area (Å²) in [6, 6.07) is 11.2. The van der Waals surface area contributed by atoms with Gasteiger partial charge in [0.1, 0.15) is 17.9 Å². The zero-order valence-electron chi connectivity index (χ0n) is 12.8. The Kier molecular flexibility index (Phi) is 3.13. The molecule has 0 bridgehead atoms. The molecular formula is C18H13FN2O3. The summed E-state index contributed by atoms with van der Waals surface area (Å²) in [4.78, 5) is 26.2. The van der Waals surface area contributed by atoms with E-state index in [0.717, 1.165) is 0 Å². The summed E-state index contributed by atoms with van der Waals surface area (Å²) in [6.45, 7) is 1.61. The Morgan fingerprint density at radius 2 is 2.04 bits per heavy atom. The second kappa shape index (κ2) is 5.19. The highest BCUT2D eigenvalue weighted by atomic mass is 19.1. The topological polar surface area (TPSA) is 62.6 Å². The molecule has 5 nitrogen and oxygen atoms in total. The molecular weight excluding hydrogens is 311 g/mol. The molecule has 1 aliphatic heterocycles. The van der Waals surface area contributed by atoms with Crippen molar-refractivity contribution in [2.75, 3.05) is 16.8 Å². The fourth-order valence-electron chi connectivity index (χ4n) is 2.93. The fraction of sp³-hybridized carbons (Fsp3) is 0.111. The minimum Gasteiger partial charge on any atom is -0.451 e. The van der Waals surface area contributed by atoms with E-state index < -0.39 is 11.7 Å². The first-order valence-corrected chi connectivity index (χ1v) is 7.44. The Bertz CT molecular complexity index is 993. The number of fused-ring (bicyclic) bond motifs is 2. The van der Waals surface area contributed by atoms with Crippen LogP contribution in [0, 0.1) is 12.7 Å². The van der Waals surface area contributed by atoms with Crippen LogP contribution in [0.4, 0.5) is 15.8 Å². The molecule has 24 heavy (non-hydrogen) atoms. The minimum atomic E-state index is -0.425. The standard InChI is InChI=1S/C18H13FN2O3/c1-10-12-8-11(19)6-7-15(12)24-17(10)18(23)21-9-16(22)20-13-4-2-3-5-14(13)21/h2-8H,9H2,1H3,(H,20,22). The van der Waals surface area contributed by atoms with Crippen molar-refractivity contribution in [3.05, 3.63) is 59.6 Å². The van der Waals surface area contributed by atoms with Gasteiger partial charge in [-0.1, -0.05) is 12.1 Å². The summed E-state index contributed by atoms with van der Waals surface area (Å²) in [5.41, 5.74) is 2.17. The number of nitrogens with one attached hydrogen (secondary N) is 1. The van der Waals surface area contributed by atoms with Crippen molar-refractivity contribution in [3.63, 3.8) is 0 Å². The molecule has 0 radical (unpaired) electrons. The maximum atomic E-state index is 13.4. The van der Waals surface area contributed by atoms with Crippen molar-refractivity contribution in [2.45, 2.75) is 6.92 Å². The third-order valence-corrected chi connectivity index (χ3v) is 4.11. The summed E-state index contributed by atoms with van der Waals surface area (Å²) in [6.07, 6.45) is 0. The number of anilines is 2. The molecule has 0 aliphatic carbocycles. The molecule has 0 saturated carbocycles. The summed E-state index contributed by atoms with van der Waals surface area (Å²) in [5, 5.41) is 3.28. The molecule has 4 rings (SSSR count). The monoisotopic (exact) mass is 324 g/mol. The van der Waals surface area contributed by atoms with Gasteiger partial charge in [-0.05, 0) is 37.3 Å². The third-order valence-electron chi connectivity index (χ3n) is 4.11. The first-order chi connectivity index (χ1) is 11.5. The average molecular weight is 324 g/mol. The van der Waals surface area contributed by atoms with Crippen LogP contribution >= 0.6 is 0 Å². The van der Waals surface area contributed by atoms with Crippen molar-refractivity contribution >= 4 is 34.2 Å². The van der Waals surface area contributed by atoms with Crippen LogP contribution in [0.25, 0.3) is 11.0 Å². The van der Waals surface area contributed by atoms with Gasteiger partial charge in [0.15, 0.2) is 5.76 Å². The summed E-state index contributed by atoms with van der Waals surface area (Å²) >= 11 is 0. The third kappa shape index (κ3) is 2.15. The van der Waals surface area contributed by atoms with Crippen LogP contribution in [0.1, 0.15) is 16.1 Å². The number of nitrogens with zero attached hydrogens (tertiary/aromatic N) is 1. The fourth-order valence-corrected chi connectivity index (χ4v) is 2.93. The number of carbonyl (C=O) groups excluding carboxylic acids is 2. The smallest absolute Gasteiger partial charge is 0.294 e. The van der Waals surface area contributed by atoms with E-state index in [-0.39, 0.29) is 18.2 Å². The molecule has 0 atom stereocenters. The Balaban J connectivity index is 1.82. The van der Waals surface area contributed by atoms with Gasteiger partial charge in [-0.25, -0.2) is 4.39 Å². The molecule has 2 aromatic carbocycles. The second-order valence-corrected chi connectivity index (χ2v) is 5.65. The Hall–Kier alpha value is -3.15. The molecule has 0 saturated heterocycles. The van der Waals surface area contributed by atoms with E-state index in [0.29, 0.717) is 27.9 Å². The van der Waals surface area contributed by atoms with Crippen LogP contribution in [0.5, 0.6) is 0 Å². The maximum Gasteiger partial charge on any atom is 0.294 e. The van der Waals surface area contributed by atoms with Gasteiger partial charge in [-0.3, -0.25) is 14.5 Å². The zero-order valence-corrected chi connectivity index (χ0v) is 12.8. The molecule has 120 valence electrons. The lowest BCUT2D eigenvalue weighted by Gasteiger charge is -2.28. The van der Waals surface area contributed by atoms with Gasteiger partial charge in [0.25, 0.3) is 5.91 Å². The highest BCUT2D eigenvalue weighted by Gasteiger charge is 2.30. The molecule has 0 spiro atoms. The lowest BCUT2D eigenvalue weighted by molar-refractivity contribution is -0.115. The number of aryl methyl sites for hydroxylation is 1. The molecule has 3 aromatic rings. The molecule has 1 aliphatic rings. The van der Waals surface area contributed by atoms with E-state index in [1.54, 1.807) is 31.2 Å². The number of rotatable bonds is 1. The molecule has 2 heterocycles. The van der Waals surface area contributed by atoms with Crippen LogP contribution in [0.2, 0.25) is 0 Å². The van der Waals surface area contributed by atoms with E-state index in [9.17, 15) is 14.0 Å². The van der Waals surface area contributed by atoms with Crippen molar-refractivity contribution in [1.29, 1.82) is 0 Å². The molecule has 0 unspecified atom stereocenters. The predicted octanol–water partition coefficient (Wildman–Crippen LogP) is 3.48. The molecule has 1 aromatic heterocycles. The van der Waals surface area contributed by atoms with E-state index in [1.807, 2.05) is 0 Å². The SMILES string of the molecule is Cc1c(C(=O)N2CC(=O)Nc3ccccc32)oc2ccc(F)cc12. The largest absolute Gasteiger partial charge is 0.451 e. The summed E-state index contributed by atoms with van der Waals surface area (Å²) < 4.78 is 19.1. The predicted molar refractivity (Wildman–Crippen MR) is 87.7 cm³/mol. The number of hydrogen-bond donors (Lipinski definition) is 1. The number of para-hydroxylation sites is 2. The zero-order chi connectivity index (χ0) is 16.8. The normalized spacial score (nSPS) is 13.8. The van der Waals surface area contributed by atoms with Gasteiger partial charge in [0.2, 0.25) is 5.91 Å².